The van der Waals surface area contributed by atoms with Crippen molar-refractivity contribution in [2.75, 3.05) is 13.1 Å². The average Bonchev–Trinajstić information content (AvgIpc) is 3.10. The first-order chi connectivity index (χ1) is 14.2. The largest absolute Gasteiger partial charge is 0.300 e. The van der Waals surface area contributed by atoms with Gasteiger partial charge in [-0.05, 0) is 49.2 Å². The molecule has 0 N–H and O–H groups in total. The molecule has 2 heterocycles. The number of nitrogens with zero attached hydrogens (tertiary/aromatic N) is 4. The monoisotopic (exact) mass is 474 g/mol. The van der Waals surface area contributed by atoms with E-state index >= 15 is 0 Å². The van der Waals surface area contributed by atoms with Crippen molar-refractivity contribution in [2.24, 2.45) is 0 Å². The molecule has 1 aliphatic rings. The summed E-state index contributed by atoms with van der Waals surface area (Å²) in [6.45, 7) is 3.84. The number of thioether (sulfide) groups is 1. The van der Waals surface area contributed by atoms with Crippen LogP contribution in [0, 0.1) is 5.82 Å². The van der Waals surface area contributed by atoms with E-state index in [0.717, 1.165) is 47.2 Å². The fraction of sp³-hybridized carbons (Fsp3) is 0.364. The number of rotatable bonds is 7. The second kappa shape index (κ2) is 9.87. The lowest BCUT2D eigenvalue weighted by molar-refractivity contribution is 0.213. The van der Waals surface area contributed by atoms with Gasteiger partial charge in [0.25, 0.3) is 0 Å². The van der Waals surface area contributed by atoms with Crippen molar-refractivity contribution >= 4 is 27.7 Å². The van der Waals surface area contributed by atoms with E-state index in [1.165, 1.54) is 37.0 Å². The first kappa shape index (κ1) is 20.6. The van der Waals surface area contributed by atoms with Crippen molar-refractivity contribution in [3.63, 3.8) is 0 Å². The van der Waals surface area contributed by atoms with Crippen molar-refractivity contribution in [1.29, 1.82) is 0 Å². The maximum Gasteiger partial charge on any atom is 0.191 e. The summed E-state index contributed by atoms with van der Waals surface area (Å²) in [4.78, 5) is 2.47. The highest BCUT2D eigenvalue weighted by molar-refractivity contribution is 9.10. The van der Waals surface area contributed by atoms with Gasteiger partial charge in [-0.15, -0.1) is 10.2 Å². The van der Waals surface area contributed by atoms with E-state index in [-0.39, 0.29) is 5.82 Å². The fourth-order valence-electron chi connectivity index (χ4n) is 3.57. The first-order valence-corrected chi connectivity index (χ1v) is 11.7. The van der Waals surface area contributed by atoms with Crippen LogP contribution in [-0.4, -0.2) is 32.8 Å². The van der Waals surface area contributed by atoms with Gasteiger partial charge in [0, 0.05) is 10.2 Å². The SMILES string of the molecule is Fc1ccc(CSc2nnc(CN3CCCCC3)n2Cc2ccccc2)c(Br)c1. The van der Waals surface area contributed by atoms with Crippen molar-refractivity contribution in [3.05, 3.63) is 75.8 Å². The van der Waals surface area contributed by atoms with Crippen LogP contribution < -0.4 is 0 Å². The first-order valence-electron chi connectivity index (χ1n) is 9.94. The standard InChI is InChI=1S/C22H24BrFN4S/c23-20-13-19(24)10-9-18(20)16-29-22-26-25-21(15-27-11-5-2-6-12-27)28(22)14-17-7-3-1-4-8-17/h1,3-4,7-10,13H,2,5-6,11-12,14-16H2. The zero-order valence-corrected chi connectivity index (χ0v) is 18.6. The summed E-state index contributed by atoms with van der Waals surface area (Å²) in [5.74, 6) is 1.48. The summed E-state index contributed by atoms with van der Waals surface area (Å²) in [6, 6.07) is 15.2. The minimum Gasteiger partial charge on any atom is -0.300 e. The Morgan fingerprint density at radius 3 is 2.52 bits per heavy atom. The van der Waals surface area contributed by atoms with Crippen LogP contribution in [0.25, 0.3) is 0 Å². The molecule has 1 aliphatic heterocycles. The normalized spacial score (nSPS) is 15.0. The van der Waals surface area contributed by atoms with Crippen molar-refractivity contribution in [3.8, 4) is 0 Å². The van der Waals surface area contributed by atoms with Gasteiger partial charge in [-0.3, -0.25) is 4.90 Å². The molecule has 0 aliphatic carbocycles. The number of hydrogen-bond acceptors (Lipinski definition) is 4. The summed E-state index contributed by atoms with van der Waals surface area (Å²) >= 11 is 5.10. The molecule has 4 rings (SSSR count). The molecule has 0 amide bonds. The summed E-state index contributed by atoms with van der Waals surface area (Å²) in [6.07, 6.45) is 3.83. The molecule has 7 heteroatoms. The number of hydrogen-bond donors (Lipinski definition) is 0. The van der Waals surface area contributed by atoms with Gasteiger partial charge in [-0.25, -0.2) is 4.39 Å². The lowest BCUT2D eigenvalue weighted by atomic mass is 10.1. The van der Waals surface area contributed by atoms with E-state index in [0.29, 0.717) is 5.75 Å². The zero-order valence-electron chi connectivity index (χ0n) is 16.2. The van der Waals surface area contributed by atoms with Gasteiger partial charge < -0.3 is 4.57 Å². The van der Waals surface area contributed by atoms with Crippen LogP contribution in [0.15, 0.2) is 58.2 Å². The Balaban J connectivity index is 1.54. The number of benzene rings is 2. The van der Waals surface area contributed by atoms with E-state index in [1.807, 2.05) is 12.1 Å². The van der Waals surface area contributed by atoms with Gasteiger partial charge >= 0.3 is 0 Å². The topological polar surface area (TPSA) is 34.0 Å². The molecule has 0 radical (unpaired) electrons. The molecule has 0 saturated carbocycles. The third-order valence-corrected chi connectivity index (χ3v) is 6.92. The molecule has 2 aromatic carbocycles. The summed E-state index contributed by atoms with van der Waals surface area (Å²) < 4.78 is 16.4. The Hall–Kier alpha value is -1.70. The molecule has 0 spiro atoms. The van der Waals surface area contributed by atoms with Gasteiger partial charge in [0.1, 0.15) is 11.6 Å². The predicted octanol–water partition coefficient (Wildman–Crippen LogP) is 5.51. The van der Waals surface area contributed by atoms with E-state index in [9.17, 15) is 4.39 Å². The number of piperidine rings is 1. The minimum atomic E-state index is -0.235. The Labute approximate surface area is 183 Å². The predicted molar refractivity (Wildman–Crippen MR) is 118 cm³/mol. The van der Waals surface area contributed by atoms with Gasteiger partial charge in [0.15, 0.2) is 5.16 Å². The third kappa shape index (κ3) is 5.47. The Morgan fingerprint density at radius 2 is 1.76 bits per heavy atom. The van der Waals surface area contributed by atoms with Crippen LogP contribution >= 0.6 is 27.7 Å². The van der Waals surface area contributed by atoms with Crippen LogP contribution in [0.3, 0.4) is 0 Å². The van der Waals surface area contributed by atoms with E-state index < -0.39 is 0 Å². The van der Waals surface area contributed by atoms with Gasteiger partial charge in [-0.1, -0.05) is 70.5 Å². The smallest absolute Gasteiger partial charge is 0.191 e. The molecule has 4 nitrogen and oxygen atoms in total. The Bertz CT molecular complexity index is 941. The highest BCUT2D eigenvalue weighted by Crippen LogP contribution is 2.28. The highest BCUT2D eigenvalue weighted by atomic mass is 79.9. The van der Waals surface area contributed by atoms with Crippen molar-refractivity contribution in [2.45, 2.75) is 43.3 Å². The van der Waals surface area contributed by atoms with Gasteiger partial charge in [0.2, 0.25) is 0 Å². The Morgan fingerprint density at radius 1 is 0.966 bits per heavy atom. The maximum absolute atomic E-state index is 13.4. The molecule has 152 valence electrons. The summed E-state index contributed by atoms with van der Waals surface area (Å²) in [7, 11) is 0. The van der Waals surface area contributed by atoms with Crippen molar-refractivity contribution in [1.82, 2.24) is 19.7 Å². The second-order valence-electron chi connectivity index (χ2n) is 7.33. The van der Waals surface area contributed by atoms with Gasteiger partial charge in [-0.2, -0.15) is 0 Å². The van der Waals surface area contributed by atoms with Crippen LogP contribution in [0.5, 0.6) is 0 Å². The second-order valence-corrected chi connectivity index (χ2v) is 9.13. The van der Waals surface area contributed by atoms with Crippen LogP contribution in [0.4, 0.5) is 4.39 Å². The molecule has 29 heavy (non-hydrogen) atoms. The van der Waals surface area contributed by atoms with E-state index in [1.54, 1.807) is 11.8 Å². The summed E-state index contributed by atoms with van der Waals surface area (Å²) in [5, 5.41) is 9.93. The molecule has 0 bridgehead atoms. The highest BCUT2D eigenvalue weighted by Gasteiger charge is 2.18. The zero-order chi connectivity index (χ0) is 20.1. The third-order valence-electron chi connectivity index (χ3n) is 5.16. The molecule has 3 aromatic rings. The lowest BCUT2D eigenvalue weighted by Crippen LogP contribution is -2.30. The molecular formula is C22H24BrFN4S. The van der Waals surface area contributed by atoms with E-state index in [4.69, 9.17) is 0 Å². The van der Waals surface area contributed by atoms with Gasteiger partial charge in [0.05, 0.1) is 13.1 Å². The minimum absolute atomic E-state index is 0.235. The lowest BCUT2D eigenvalue weighted by Gasteiger charge is -2.26. The molecule has 0 atom stereocenters. The average molecular weight is 475 g/mol. The number of aromatic nitrogens is 3. The number of likely N-dealkylation sites (tertiary alicyclic amines) is 1. The molecule has 0 unspecified atom stereocenters. The van der Waals surface area contributed by atoms with E-state index in [2.05, 4.69) is 59.9 Å². The van der Waals surface area contributed by atoms with Crippen molar-refractivity contribution < 1.29 is 4.39 Å². The fourth-order valence-corrected chi connectivity index (χ4v) is 5.20. The van der Waals surface area contributed by atoms with Crippen LogP contribution in [0.1, 0.15) is 36.2 Å². The summed E-state index contributed by atoms with van der Waals surface area (Å²) in [5.41, 5.74) is 2.28. The Kier molecular flexibility index (Phi) is 7.00. The molecule has 1 aromatic heterocycles. The van der Waals surface area contributed by atoms with Crippen LogP contribution in [0.2, 0.25) is 0 Å². The molecule has 1 saturated heterocycles. The molecular weight excluding hydrogens is 451 g/mol. The number of halogens is 2. The quantitative estimate of drug-likeness (QED) is 0.423. The molecule has 1 fully saturated rings. The van der Waals surface area contributed by atoms with Crippen LogP contribution in [-0.2, 0) is 18.8 Å². The maximum atomic E-state index is 13.4.